The first-order valence-corrected chi connectivity index (χ1v) is 8.41. The molecule has 0 aliphatic carbocycles. The van der Waals surface area contributed by atoms with Gasteiger partial charge < -0.3 is 10.6 Å². The largest absolute Gasteiger partial charge is 0.332 e. The number of halogens is 1. The normalized spacial score (nSPS) is 11.1. The van der Waals surface area contributed by atoms with Gasteiger partial charge in [0, 0.05) is 17.3 Å². The average molecular weight is 369 g/mol. The molecule has 0 saturated carbocycles. The van der Waals surface area contributed by atoms with Gasteiger partial charge in [0.15, 0.2) is 0 Å². The maximum Gasteiger partial charge on any atom is 0.222 e. The molecule has 0 radical (unpaired) electrons. The van der Waals surface area contributed by atoms with Crippen LogP contribution in [-0.2, 0) is 9.59 Å². The van der Waals surface area contributed by atoms with Crippen LogP contribution >= 0.6 is 15.9 Å². The number of carbonyl (C=O) groups excluding carboxylic acids is 2. The van der Waals surface area contributed by atoms with Crippen LogP contribution in [0.5, 0.6) is 0 Å². The van der Waals surface area contributed by atoms with Crippen molar-refractivity contribution in [2.45, 2.75) is 46.7 Å². The molecule has 22 heavy (non-hydrogen) atoms. The molecule has 0 unspecified atom stereocenters. The zero-order valence-electron chi connectivity index (χ0n) is 13.7. The molecule has 0 aliphatic heterocycles. The molecule has 5 heteroatoms. The minimum absolute atomic E-state index is 0.0623. The maximum absolute atomic E-state index is 12.0. The maximum atomic E-state index is 12.0. The summed E-state index contributed by atoms with van der Waals surface area (Å²) in [6.45, 7) is 7.97. The minimum Gasteiger partial charge on any atom is -0.332 e. The van der Waals surface area contributed by atoms with E-state index in [-0.39, 0.29) is 23.7 Å². The molecular formula is C17H25BrN2O2. The summed E-state index contributed by atoms with van der Waals surface area (Å²) in [7, 11) is 0. The van der Waals surface area contributed by atoms with Gasteiger partial charge in [0.25, 0.3) is 0 Å². The van der Waals surface area contributed by atoms with Crippen molar-refractivity contribution >= 4 is 27.7 Å². The molecule has 0 atom stereocenters. The molecule has 0 aliphatic rings. The fourth-order valence-corrected chi connectivity index (χ4v) is 2.30. The molecule has 0 bridgehead atoms. The van der Waals surface area contributed by atoms with E-state index in [0.717, 1.165) is 10.0 Å². The predicted octanol–water partition coefficient (Wildman–Crippen LogP) is 3.77. The predicted molar refractivity (Wildman–Crippen MR) is 92.1 cm³/mol. The quantitative estimate of drug-likeness (QED) is 0.719. The Bertz CT molecular complexity index is 474. The van der Waals surface area contributed by atoms with Crippen molar-refractivity contribution in [1.29, 1.82) is 0 Å². The van der Waals surface area contributed by atoms with E-state index in [1.54, 1.807) is 0 Å². The second-order valence-corrected chi connectivity index (χ2v) is 7.23. The van der Waals surface area contributed by atoms with Gasteiger partial charge in [-0.25, -0.2) is 0 Å². The first kappa shape index (κ1) is 18.7. The summed E-state index contributed by atoms with van der Waals surface area (Å²) < 4.78 is 0.956. The molecule has 2 amide bonds. The van der Waals surface area contributed by atoms with Crippen LogP contribution in [0.15, 0.2) is 28.7 Å². The first-order valence-electron chi connectivity index (χ1n) is 7.62. The summed E-state index contributed by atoms with van der Waals surface area (Å²) in [4.78, 5) is 24.1. The zero-order chi connectivity index (χ0) is 16.7. The Balaban J connectivity index is 2.82. The van der Waals surface area contributed by atoms with Crippen LogP contribution in [0.4, 0.5) is 0 Å². The third-order valence-corrected chi connectivity index (χ3v) is 3.53. The average Bonchev–Trinajstić information content (AvgIpc) is 2.36. The van der Waals surface area contributed by atoms with Crippen LogP contribution < -0.4 is 10.6 Å². The Hall–Kier alpha value is -1.36. The SMILES string of the molecule is CC(C)CC(=O)NC(NC(=O)CC(C)C)c1ccc(Br)cc1. The number of nitrogens with one attached hydrogen (secondary N) is 2. The second kappa shape index (κ2) is 8.93. The minimum atomic E-state index is -0.495. The topological polar surface area (TPSA) is 58.2 Å². The van der Waals surface area contributed by atoms with Gasteiger partial charge in [-0.1, -0.05) is 55.8 Å². The molecule has 2 N–H and O–H groups in total. The molecule has 0 fully saturated rings. The monoisotopic (exact) mass is 368 g/mol. The van der Waals surface area contributed by atoms with Gasteiger partial charge in [0.2, 0.25) is 11.8 Å². The lowest BCUT2D eigenvalue weighted by atomic mass is 10.1. The Morgan fingerprint density at radius 2 is 1.32 bits per heavy atom. The van der Waals surface area contributed by atoms with Gasteiger partial charge >= 0.3 is 0 Å². The summed E-state index contributed by atoms with van der Waals surface area (Å²) in [6, 6.07) is 7.57. The highest BCUT2D eigenvalue weighted by Gasteiger charge is 2.18. The van der Waals surface area contributed by atoms with Crippen LogP contribution in [0.25, 0.3) is 0 Å². The number of hydrogen-bond donors (Lipinski definition) is 2. The number of hydrogen-bond acceptors (Lipinski definition) is 2. The van der Waals surface area contributed by atoms with Crippen LogP contribution in [-0.4, -0.2) is 11.8 Å². The molecule has 0 aromatic heterocycles. The second-order valence-electron chi connectivity index (χ2n) is 6.32. The van der Waals surface area contributed by atoms with Crippen LogP contribution in [0.3, 0.4) is 0 Å². The highest BCUT2D eigenvalue weighted by atomic mass is 79.9. The van der Waals surface area contributed by atoms with Crippen LogP contribution in [0, 0.1) is 11.8 Å². The number of rotatable bonds is 7. The van der Waals surface area contributed by atoms with Gasteiger partial charge in [-0.3, -0.25) is 9.59 Å². The summed E-state index contributed by atoms with van der Waals surface area (Å²) in [5.74, 6) is 0.425. The Kier molecular flexibility index (Phi) is 7.59. The Morgan fingerprint density at radius 1 is 0.909 bits per heavy atom. The van der Waals surface area contributed by atoms with Gasteiger partial charge in [0.1, 0.15) is 6.17 Å². The highest BCUT2D eigenvalue weighted by molar-refractivity contribution is 9.10. The van der Waals surface area contributed by atoms with Crippen molar-refractivity contribution < 1.29 is 9.59 Å². The lowest BCUT2D eigenvalue weighted by Gasteiger charge is -2.22. The van der Waals surface area contributed by atoms with Gasteiger partial charge in [-0.05, 0) is 29.5 Å². The van der Waals surface area contributed by atoms with Crippen molar-refractivity contribution in [3.05, 3.63) is 34.3 Å². The molecule has 1 aromatic carbocycles. The van der Waals surface area contributed by atoms with E-state index in [1.807, 2.05) is 52.0 Å². The van der Waals surface area contributed by atoms with Gasteiger partial charge in [-0.2, -0.15) is 0 Å². The molecule has 0 saturated heterocycles. The summed E-state index contributed by atoms with van der Waals surface area (Å²) in [6.07, 6.45) is 0.380. The van der Waals surface area contributed by atoms with E-state index in [1.165, 1.54) is 0 Å². The van der Waals surface area contributed by atoms with E-state index in [0.29, 0.717) is 12.8 Å². The lowest BCUT2D eigenvalue weighted by Crippen LogP contribution is -2.41. The fourth-order valence-electron chi connectivity index (χ4n) is 2.04. The number of amides is 2. The number of carbonyl (C=O) groups is 2. The van der Waals surface area contributed by atoms with Gasteiger partial charge in [0.05, 0.1) is 0 Å². The third kappa shape index (κ3) is 7.07. The van der Waals surface area contributed by atoms with E-state index in [9.17, 15) is 9.59 Å². The summed E-state index contributed by atoms with van der Waals surface area (Å²) >= 11 is 3.39. The molecule has 1 rings (SSSR count). The van der Waals surface area contributed by atoms with E-state index in [4.69, 9.17) is 0 Å². The van der Waals surface area contributed by atoms with E-state index < -0.39 is 6.17 Å². The van der Waals surface area contributed by atoms with Gasteiger partial charge in [-0.15, -0.1) is 0 Å². The van der Waals surface area contributed by atoms with Crippen molar-refractivity contribution in [3.8, 4) is 0 Å². The molecule has 0 heterocycles. The number of benzene rings is 1. The van der Waals surface area contributed by atoms with Crippen molar-refractivity contribution in [2.75, 3.05) is 0 Å². The lowest BCUT2D eigenvalue weighted by molar-refractivity contribution is -0.125. The van der Waals surface area contributed by atoms with Crippen molar-refractivity contribution in [3.63, 3.8) is 0 Å². The third-order valence-electron chi connectivity index (χ3n) is 3.00. The summed E-state index contributed by atoms with van der Waals surface area (Å²) in [5.41, 5.74) is 0.859. The molecule has 1 aromatic rings. The fraction of sp³-hybridized carbons (Fsp3) is 0.529. The van der Waals surface area contributed by atoms with E-state index in [2.05, 4.69) is 26.6 Å². The van der Waals surface area contributed by atoms with Crippen LogP contribution in [0.2, 0.25) is 0 Å². The molecule has 0 spiro atoms. The summed E-state index contributed by atoms with van der Waals surface area (Å²) in [5, 5.41) is 5.80. The smallest absolute Gasteiger partial charge is 0.222 e. The molecule has 4 nitrogen and oxygen atoms in total. The molecular weight excluding hydrogens is 344 g/mol. The Morgan fingerprint density at radius 3 is 1.68 bits per heavy atom. The van der Waals surface area contributed by atoms with E-state index >= 15 is 0 Å². The van der Waals surface area contributed by atoms with Crippen molar-refractivity contribution in [2.24, 2.45) is 11.8 Å². The zero-order valence-corrected chi connectivity index (χ0v) is 15.2. The Labute approximate surface area is 141 Å². The standard InChI is InChI=1S/C17H25BrN2O2/c1-11(2)9-15(21)19-17(20-16(22)10-12(3)4)13-5-7-14(18)8-6-13/h5-8,11-12,17H,9-10H2,1-4H3,(H,19,21)(H,20,22). The van der Waals surface area contributed by atoms with Crippen molar-refractivity contribution in [1.82, 2.24) is 10.6 Å². The molecule has 122 valence electrons. The van der Waals surface area contributed by atoms with Crippen LogP contribution in [0.1, 0.15) is 52.3 Å². The highest BCUT2D eigenvalue weighted by Crippen LogP contribution is 2.16. The first-order chi connectivity index (χ1) is 10.3.